The molecular formula is C13H24N2O. The van der Waals surface area contributed by atoms with Gasteiger partial charge in [0, 0.05) is 18.5 Å². The lowest BCUT2D eigenvalue weighted by atomic mass is 9.87. The van der Waals surface area contributed by atoms with Gasteiger partial charge in [0.05, 0.1) is 0 Å². The fourth-order valence-electron chi connectivity index (χ4n) is 3.24. The van der Waals surface area contributed by atoms with Crippen molar-refractivity contribution in [3.8, 4) is 0 Å². The molecule has 0 spiro atoms. The van der Waals surface area contributed by atoms with Crippen LogP contribution in [0.3, 0.4) is 0 Å². The first-order valence-electron chi connectivity index (χ1n) is 6.65. The number of hydrogen-bond donors (Lipinski definition) is 1. The molecule has 1 heterocycles. The maximum atomic E-state index is 12.4. The van der Waals surface area contributed by atoms with Gasteiger partial charge in [0.15, 0.2) is 0 Å². The van der Waals surface area contributed by atoms with Gasteiger partial charge in [0.1, 0.15) is 0 Å². The third-order valence-corrected chi connectivity index (χ3v) is 4.37. The number of carbonyl (C=O) groups excluding carboxylic acids is 1. The first-order chi connectivity index (χ1) is 7.65. The van der Waals surface area contributed by atoms with Gasteiger partial charge in [0.2, 0.25) is 5.91 Å². The predicted molar refractivity (Wildman–Crippen MR) is 64.9 cm³/mol. The van der Waals surface area contributed by atoms with Crippen molar-refractivity contribution in [3.63, 3.8) is 0 Å². The van der Waals surface area contributed by atoms with Crippen LogP contribution in [0.5, 0.6) is 0 Å². The summed E-state index contributed by atoms with van der Waals surface area (Å²) in [6.45, 7) is 4.81. The van der Waals surface area contributed by atoms with E-state index in [0.717, 1.165) is 45.3 Å². The van der Waals surface area contributed by atoms with E-state index in [1.807, 2.05) is 0 Å². The van der Waals surface area contributed by atoms with Crippen molar-refractivity contribution in [3.05, 3.63) is 0 Å². The summed E-state index contributed by atoms with van der Waals surface area (Å²) in [5.41, 5.74) is 5.53. The molecule has 1 aliphatic heterocycles. The average molecular weight is 224 g/mol. The lowest BCUT2D eigenvalue weighted by Crippen LogP contribution is -2.39. The summed E-state index contributed by atoms with van der Waals surface area (Å²) in [5.74, 6) is 1.06. The van der Waals surface area contributed by atoms with E-state index in [1.165, 1.54) is 12.8 Å². The minimum absolute atomic E-state index is 0.0440. The van der Waals surface area contributed by atoms with Crippen LogP contribution in [0.15, 0.2) is 0 Å². The van der Waals surface area contributed by atoms with E-state index in [1.54, 1.807) is 0 Å². The standard InChI is InChI=1S/C13H24N2O/c1-13(6-2-3-7-13)12(16)15-9-5-11(10-15)4-8-14/h11H,2-10,14H2,1H3. The maximum Gasteiger partial charge on any atom is 0.228 e. The molecule has 0 aromatic heterocycles. The van der Waals surface area contributed by atoms with Crippen LogP contribution >= 0.6 is 0 Å². The number of nitrogens with zero attached hydrogens (tertiary/aromatic N) is 1. The smallest absolute Gasteiger partial charge is 0.228 e. The summed E-state index contributed by atoms with van der Waals surface area (Å²) in [7, 11) is 0. The molecule has 3 nitrogen and oxygen atoms in total. The lowest BCUT2D eigenvalue weighted by Gasteiger charge is -2.28. The number of rotatable bonds is 3. The van der Waals surface area contributed by atoms with Crippen LogP contribution in [0.4, 0.5) is 0 Å². The van der Waals surface area contributed by atoms with Crippen LogP contribution in [-0.2, 0) is 4.79 Å². The molecule has 16 heavy (non-hydrogen) atoms. The average Bonchev–Trinajstić information content (AvgIpc) is 2.88. The van der Waals surface area contributed by atoms with Gasteiger partial charge < -0.3 is 10.6 Å². The number of hydrogen-bond acceptors (Lipinski definition) is 2. The molecule has 2 rings (SSSR count). The molecule has 1 atom stereocenters. The molecular weight excluding hydrogens is 200 g/mol. The van der Waals surface area contributed by atoms with Crippen LogP contribution in [0.2, 0.25) is 0 Å². The summed E-state index contributed by atoms with van der Waals surface area (Å²) in [6, 6.07) is 0. The molecule has 2 aliphatic rings. The normalized spacial score (nSPS) is 28.6. The van der Waals surface area contributed by atoms with E-state index in [2.05, 4.69) is 11.8 Å². The van der Waals surface area contributed by atoms with Gasteiger partial charge in [-0.2, -0.15) is 0 Å². The first-order valence-corrected chi connectivity index (χ1v) is 6.65. The van der Waals surface area contributed by atoms with Crippen molar-refractivity contribution in [2.24, 2.45) is 17.1 Å². The Bertz CT molecular complexity index is 259. The van der Waals surface area contributed by atoms with Crippen LogP contribution in [0, 0.1) is 11.3 Å². The van der Waals surface area contributed by atoms with E-state index in [4.69, 9.17) is 5.73 Å². The van der Waals surface area contributed by atoms with E-state index < -0.39 is 0 Å². The minimum Gasteiger partial charge on any atom is -0.342 e. The molecule has 1 saturated carbocycles. The van der Waals surface area contributed by atoms with Crippen molar-refractivity contribution >= 4 is 5.91 Å². The molecule has 0 radical (unpaired) electrons. The van der Waals surface area contributed by atoms with E-state index in [-0.39, 0.29) is 5.41 Å². The second kappa shape index (κ2) is 4.74. The van der Waals surface area contributed by atoms with Gasteiger partial charge in [-0.3, -0.25) is 4.79 Å². The Morgan fingerprint density at radius 2 is 2.12 bits per heavy atom. The third kappa shape index (κ3) is 2.24. The number of likely N-dealkylation sites (tertiary alicyclic amines) is 1. The van der Waals surface area contributed by atoms with Crippen LogP contribution in [-0.4, -0.2) is 30.4 Å². The summed E-state index contributed by atoms with van der Waals surface area (Å²) < 4.78 is 0. The summed E-state index contributed by atoms with van der Waals surface area (Å²) >= 11 is 0. The minimum atomic E-state index is -0.0440. The Hall–Kier alpha value is -0.570. The lowest BCUT2D eigenvalue weighted by molar-refractivity contribution is -0.140. The number of carbonyl (C=O) groups is 1. The fourth-order valence-corrected chi connectivity index (χ4v) is 3.24. The highest BCUT2D eigenvalue weighted by atomic mass is 16.2. The van der Waals surface area contributed by atoms with Gasteiger partial charge in [-0.05, 0) is 38.1 Å². The maximum absolute atomic E-state index is 12.4. The van der Waals surface area contributed by atoms with Gasteiger partial charge in [-0.1, -0.05) is 19.8 Å². The van der Waals surface area contributed by atoms with Crippen LogP contribution in [0.1, 0.15) is 45.4 Å². The van der Waals surface area contributed by atoms with Gasteiger partial charge in [-0.15, -0.1) is 0 Å². The van der Waals surface area contributed by atoms with E-state index >= 15 is 0 Å². The molecule has 92 valence electrons. The van der Waals surface area contributed by atoms with Gasteiger partial charge in [0.25, 0.3) is 0 Å². The highest BCUT2D eigenvalue weighted by Gasteiger charge is 2.40. The molecule has 1 amide bonds. The number of nitrogens with two attached hydrogens (primary N) is 1. The Balaban J connectivity index is 1.91. The molecule has 2 fully saturated rings. The second-order valence-corrected chi connectivity index (χ2v) is 5.75. The molecule has 3 heteroatoms. The highest BCUT2D eigenvalue weighted by molar-refractivity contribution is 5.82. The number of amides is 1. The Morgan fingerprint density at radius 3 is 2.75 bits per heavy atom. The molecule has 0 aromatic carbocycles. The SMILES string of the molecule is CC1(C(=O)N2CCC(CCN)C2)CCCC1. The Kier molecular flexibility index (Phi) is 3.53. The van der Waals surface area contributed by atoms with Crippen molar-refractivity contribution in [2.75, 3.05) is 19.6 Å². The largest absolute Gasteiger partial charge is 0.342 e. The van der Waals surface area contributed by atoms with Crippen LogP contribution < -0.4 is 5.73 Å². The fraction of sp³-hybridized carbons (Fsp3) is 0.923. The van der Waals surface area contributed by atoms with E-state index in [9.17, 15) is 4.79 Å². The first kappa shape index (κ1) is 11.9. The molecule has 1 aliphatic carbocycles. The second-order valence-electron chi connectivity index (χ2n) is 5.75. The van der Waals surface area contributed by atoms with Gasteiger partial charge in [-0.25, -0.2) is 0 Å². The topological polar surface area (TPSA) is 46.3 Å². The van der Waals surface area contributed by atoms with Crippen molar-refractivity contribution in [1.82, 2.24) is 4.90 Å². The zero-order valence-electron chi connectivity index (χ0n) is 10.4. The quantitative estimate of drug-likeness (QED) is 0.794. The zero-order chi connectivity index (χ0) is 11.6. The van der Waals surface area contributed by atoms with Crippen molar-refractivity contribution in [1.29, 1.82) is 0 Å². The monoisotopic (exact) mass is 224 g/mol. The third-order valence-electron chi connectivity index (χ3n) is 4.37. The van der Waals surface area contributed by atoms with Gasteiger partial charge >= 0.3 is 0 Å². The van der Waals surface area contributed by atoms with Crippen LogP contribution in [0.25, 0.3) is 0 Å². The zero-order valence-corrected chi connectivity index (χ0v) is 10.4. The summed E-state index contributed by atoms with van der Waals surface area (Å²) in [6.07, 6.45) is 6.85. The Morgan fingerprint density at radius 1 is 1.44 bits per heavy atom. The molecule has 0 bridgehead atoms. The highest BCUT2D eigenvalue weighted by Crippen LogP contribution is 2.40. The molecule has 2 N–H and O–H groups in total. The van der Waals surface area contributed by atoms with E-state index in [0.29, 0.717) is 11.8 Å². The molecule has 1 saturated heterocycles. The predicted octanol–water partition coefficient (Wildman–Crippen LogP) is 1.76. The van der Waals surface area contributed by atoms with Crippen molar-refractivity contribution < 1.29 is 4.79 Å². The van der Waals surface area contributed by atoms with Crippen molar-refractivity contribution in [2.45, 2.75) is 45.4 Å². The Labute approximate surface area is 98.4 Å². The summed E-state index contributed by atoms with van der Waals surface area (Å²) in [5, 5.41) is 0. The molecule has 1 unspecified atom stereocenters. The molecule has 0 aromatic rings. The summed E-state index contributed by atoms with van der Waals surface area (Å²) in [4.78, 5) is 14.5.